The maximum atomic E-state index is 12.6. The van der Waals surface area contributed by atoms with Crippen molar-refractivity contribution in [3.05, 3.63) is 107 Å². The Morgan fingerprint density at radius 1 is 1.00 bits per heavy atom. The van der Waals surface area contributed by atoms with Gasteiger partial charge in [-0.2, -0.15) is 5.26 Å². The Labute approximate surface area is 234 Å². The average molecular weight is 560 g/mol. The minimum absolute atomic E-state index is 0.190. The molecule has 3 aromatic carbocycles. The summed E-state index contributed by atoms with van der Waals surface area (Å²) in [5.74, 6) is 0.421. The molecule has 2 amide bonds. The first-order chi connectivity index (χ1) is 19.8. The number of urea groups is 1. The summed E-state index contributed by atoms with van der Waals surface area (Å²) >= 11 is 0. The molecule has 1 aliphatic rings. The molecule has 41 heavy (non-hydrogen) atoms. The molecule has 4 aromatic rings. The number of nitrogens with zero attached hydrogens (tertiary/aromatic N) is 3. The van der Waals surface area contributed by atoms with Gasteiger partial charge in [-0.05, 0) is 66.1 Å². The van der Waals surface area contributed by atoms with Gasteiger partial charge < -0.3 is 20.1 Å². The van der Waals surface area contributed by atoms with E-state index in [1.54, 1.807) is 18.3 Å². The average Bonchev–Trinajstić information content (AvgIpc) is 2.95. The molecule has 0 aliphatic carbocycles. The van der Waals surface area contributed by atoms with Gasteiger partial charge in [0.2, 0.25) is 5.88 Å². The van der Waals surface area contributed by atoms with Gasteiger partial charge >= 0.3 is 12.4 Å². The minimum atomic E-state index is -4.80. The summed E-state index contributed by atoms with van der Waals surface area (Å²) in [6.45, 7) is 2.13. The number of pyridine rings is 1. The van der Waals surface area contributed by atoms with Crippen molar-refractivity contribution in [2.45, 2.75) is 25.9 Å². The number of fused-ring (bicyclic) bond motifs is 1. The number of ether oxygens (including phenoxy) is 2. The number of benzene rings is 3. The van der Waals surface area contributed by atoms with Crippen LogP contribution < -0.4 is 20.1 Å². The van der Waals surface area contributed by atoms with Crippen molar-refractivity contribution in [3.8, 4) is 23.4 Å². The van der Waals surface area contributed by atoms with Crippen LogP contribution >= 0.6 is 0 Å². The Balaban J connectivity index is 1.25. The molecule has 8 nitrogen and oxygen atoms in total. The number of amides is 2. The third-order valence-electron chi connectivity index (χ3n) is 6.41. The number of hydrogen-bond acceptors (Lipinski definition) is 6. The van der Waals surface area contributed by atoms with Gasteiger partial charge in [-0.25, -0.2) is 9.78 Å². The highest BCUT2D eigenvalue weighted by Crippen LogP contribution is 2.34. The van der Waals surface area contributed by atoms with Gasteiger partial charge in [0.25, 0.3) is 0 Å². The van der Waals surface area contributed by atoms with Gasteiger partial charge in [0.05, 0.1) is 11.6 Å². The highest BCUT2D eigenvalue weighted by Gasteiger charge is 2.31. The van der Waals surface area contributed by atoms with Crippen LogP contribution in [0.4, 0.5) is 29.3 Å². The zero-order valence-electron chi connectivity index (χ0n) is 21.6. The van der Waals surface area contributed by atoms with Crippen LogP contribution in [0.2, 0.25) is 0 Å². The molecule has 0 bridgehead atoms. The van der Waals surface area contributed by atoms with Crippen LogP contribution in [0.25, 0.3) is 0 Å². The zero-order chi connectivity index (χ0) is 28.8. The Hall–Kier alpha value is -5.08. The number of nitriles is 1. The standard InChI is InChI=1S/C30H24F3N5O3/c31-30(32,33)41-24-12-10-23(11-13-24)36-29(39)37-26-8-4-15-35-28(26)40-27-9-3-7-22-19-38(16-14-25(22)27)18-21-6-2-1-5-20(21)17-34/h1-13,15H,14,16,18-19H2,(H2,36,37,39). The third-order valence-corrected chi connectivity index (χ3v) is 6.41. The van der Waals surface area contributed by atoms with Gasteiger partial charge in [0.15, 0.2) is 0 Å². The molecule has 2 N–H and O–H groups in total. The second-order valence-electron chi connectivity index (χ2n) is 9.23. The molecule has 0 spiro atoms. The van der Waals surface area contributed by atoms with E-state index in [1.807, 2.05) is 42.5 Å². The van der Waals surface area contributed by atoms with Crippen LogP contribution in [-0.4, -0.2) is 28.8 Å². The van der Waals surface area contributed by atoms with E-state index < -0.39 is 18.1 Å². The predicted molar refractivity (Wildman–Crippen MR) is 145 cm³/mol. The summed E-state index contributed by atoms with van der Waals surface area (Å²) in [5, 5.41) is 14.6. The number of aromatic nitrogens is 1. The van der Waals surface area contributed by atoms with Crippen molar-refractivity contribution in [1.82, 2.24) is 9.88 Å². The van der Waals surface area contributed by atoms with Crippen LogP contribution in [-0.2, 0) is 19.5 Å². The quantitative estimate of drug-likeness (QED) is 0.257. The highest BCUT2D eigenvalue weighted by molar-refractivity contribution is 6.00. The molecule has 1 aromatic heterocycles. The second-order valence-corrected chi connectivity index (χ2v) is 9.23. The molecule has 2 heterocycles. The van der Waals surface area contributed by atoms with Crippen molar-refractivity contribution in [3.63, 3.8) is 0 Å². The van der Waals surface area contributed by atoms with E-state index in [2.05, 4.69) is 31.3 Å². The number of halogens is 3. The van der Waals surface area contributed by atoms with E-state index in [4.69, 9.17) is 4.74 Å². The molecule has 0 fully saturated rings. The largest absolute Gasteiger partial charge is 0.573 e. The number of carbonyl (C=O) groups is 1. The molecule has 0 unspecified atom stereocenters. The molecular weight excluding hydrogens is 535 g/mol. The molecule has 11 heteroatoms. The first-order valence-electron chi connectivity index (χ1n) is 12.7. The van der Waals surface area contributed by atoms with E-state index in [0.29, 0.717) is 30.1 Å². The Morgan fingerprint density at radius 2 is 1.80 bits per heavy atom. The molecule has 0 radical (unpaired) electrons. The van der Waals surface area contributed by atoms with Crippen LogP contribution in [0.3, 0.4) is 0 Å². The van der Waals surface area contributed by atoms with E-state index in [1.165, 1.54) is 12.1 Å². The van der Waals surface area contributed by atoms with Gasteiger partial charge in [-0.1, -0.05) is 30.3 Å². The van der Waals surface area contributed by atoms with Gasteiger partial charge in [0.1, 0.15) is 17.2 Å². The van der Waals surface area contributed by atoms with Crippen LogP contribution in [0.1, 0.15) is 22.3 Å². The number of nitrogens with one attached hydrogen (secondary N) is 2. The van der Waals surface area contributed by atoms with Crippen molar-refractivity contribution in [2.75, 3.05) is 17.2 Å². The molecule has 0 saturated carbocycles. The van der Waals surface area contributed by atoms with Crippen LogP contribution in [0.5, 0.6) is 17.4 Å². The first-order valence-corrected chi connectivity index (χ1v) is 12.7. The topological polar surface area (TPSA) is 99.5 Å². The van der Waals surface area contributed by atoms with Crippen LogP contribution in [0, 0.1) is 11.3 Å². The van der Waals surface area contributed by atoms with E-state index in [0.717, 1.165) is 41.8 Å². The molecule has 5 rings (SSSR count). The highest BCUT2D eigenvalue weighted by atomic mass is 19.4. The molecule has 0 atom stereocenters. The lowest BCUT2D eigenvalue weighted by Gasteiger charge is -2.30. The van der Waals surface area contributed by atoms with Crippen molar-refractivity contribution in [1.29, 1.82) is 5.26 Å². The lowest BCUT2D eigenvalue weighted by atomic mass is 9.97. The maximum Gasteiger partial charge on any atom is 0.573 e. The summed E-state index contributed by atoms with van der Waals surface area (Å²) in [6, 6.07) is 23.1. The fourth-order valence-electron chi connectivity index (χ4n) is 4.57. The molecule has 208 valence electrons. The first kappa shape index (κ1) is 27.5. The number of carbonyl (C=O) groups excluding carboxylic acids is 1. The van der Waals surface area contributed by atoms with Gasteiger partial charge in [0, 0.05) is 37.1 Å². The molecule has 0 saturated heterocycles. The Kier molecular flexibility index (Phi) is 8.03. The van der Waals surface area contributed by atoms with Gasteiger partial charge in [-0.3, -0.25) is 4.90 Å². The number of alkyl halides is 3. The SMILES string of the molecule is N#Cc1ccccc1CN1CCc2c(cccc2Oc2ncccc2NC(=O)Nc2ccc(OC(F)(F)F)cc2)C1. The smallest absolute Gasteiger partial charge is 0.437 e. The number of anilines is 2. The van der Waals surface area contributed by atoms with Crippen molar-refractivity contribution in [2.24, 2.45) is 0 Å². The molecular formula is C30H24F3N5O3. The van der Waals surface area contributed by atoms with Crippen molar-refractivity contribution < 1.29 is 27.4 Å². The van der Waals surface area contributed by atoms with Crippen LogP contribution in [0.15, 0.2) is 85.1 Å². The summed E-state index contributed by atoms with van der Waals surface area (Å²) in [6.07, 6.45) is -2.53. The van der Waals surface area contributed by atoms with Crippen molar-refractivity contribution >= 4 is 17.4 Å². The maximum absolute atomic E-state index is 12.6. The minimum Gasteiger partial charge on any atom is -0.437 e. The lowest BCUT2D eigenvalue weighted by molar-refractivity contribution is -0.274. The van der Waals surface area contributed by atoms with E-state index in [9.17, 15) is 23.2 Å². The fourth-order valence-corrected chi connectivity index (χ4v) is 4.57. The Morgan fingerprint density at radius 3 is 2.59 bits per heavy atom. The summed E-state index contributed by atoms with van der Waals surface area (Å²) in [4.78, 5) is 19.2. The monoisotopic (exact) mass is 559 g/mol. The summed E-state index contributed by atoms with van der Waals surface area (Å²) in [7, 11) is 0. The number of rotatable bonds is 7. The zero-order valence-corrected chi connectivity index (χ0v) is 21.6. The third kappa shape index (κ3) is 7.12. The van der Waals surface area contributed by atoms with E-state index in [-0.39, 0.29) is 11.6 Å². The predicted octanol–water partition coefficient (Wildman–Crippen LogP) is 6.85. The Bertz CT molecular complexity index is 1590. The van der Waals surface area contributed by atoms with E-state index >= 15 is 0 Å². The lowest BCUT2D eigenvalue weighted by Crippen LogP contribution is -2.30. The summed E-state index contributed by atoms with van der Waals surface area (Å²) in [5.41, 5.74) is 4.37. The molecule has 1 aliphatic heterocycles. The second kappa shape index (κ2) is 12.0. The fraction of sp³-hybridized carbons (Fsp3) is 0.167. The summed E-state index contributed by atoms with van der Waals surface area (Å²) < 4.78 is 47.1. The normalized spacial score (nSPS) is 13.0. The van der Waals surface area contributed by atoms with Gasteiger partial charge in [-0.15, -0.1) is 13.2 Å². The number of hydrogen-bond donors (Lipinski definition) is 2.